The van der Waals surface area contributed by atoms with Gasteiger partial charge in [-0.3, -0.25) is 0 Å². The average Bonchev–Trinajstić information content (AvgIpc) is 2.36. The summed E-state index contributed by atoms with van der Waals surface area (Å²) in [6.45, 7) is 5.06. The second kappa shape index (κ2) is 7.87. The van der Waals surface area contributed by atoms with Crippen LogP contribution in [0.25, 0.3) is 0 Å². The lowest BCUT2D eigenvalue weighted by Gasteiger charge is -2.16. The van der Waals surface area contributed by atoms with Crippen LogP contribution in [0.4, 0.5) is 5.95 Å². The lowest BCUT2D eigenvalue weighted by atomic mass is 10.0. The minimum atomic E-state index is 0.227. The van der Waals surface area contributed by atoms with Crippen LogP contribution in [0.15, 0.2) is 6.07 Å². The van der Waals surface area contributed by atoms with Crippen LogP contribution in [-0.2, 0) is 0 Å². The standard InChI is InChI=1S/C13H23N3O2/c1-4-5-11(6-7-17)9-14-13-15-10(2)8-12(16-13)18-3/h8,11,17H,4-7,9H2,1-3H3,(H,14,15,16). The van der Waals surface area contributed by atoms with Crippen molar-refractivity contribution in [2.24, 2.45) is 5.92 Å². The Balaban J connectivity index is 2.57. The zero-order valence-electron chi connectivity index (χ0n) is 11.4. The van der Waals surface area contributed by atoms with E-state index >= 15 is 0 Å². The molecule has 102 valence electrons. The van der Waals surface area contributed by atoms with Gasteiger partial charge in [0.1, 0.15) is 0 Å². The van der Waals surface area contributed by atoms with Gasteiger partial charge in [-0.2, -0.15) is 4.98 Å². The second-order valence-electron chi connectivity index (χ2n) is 4.42. The van der Waals surface area contributed by atoms with Crippen molar-refractivity contribution in [3.63, 3.8) is 0 Å². The van der Waals surface area contributed by atoms with Crippen LogP contribution >= 0.6 is 0 Å². The summed E-state index contributed by atoms with van der Waals surface area (Å²) >= 11 is 0. The van der Waals surface area contributed by atoms with E-state index in [4.69, 9.17) is 9.84 Å². The quantitative estimate of drug-likeness (QED) is 0.741. The minimum Gasteiger partial charge on any atom is -0.481 e. The molecule has 0 spiro atoms. The predicted molar refractivity (Wildman–Crippen MR) is 71.9 cm³/mol. The Morgan fingerprint density at radius 1 is 1.39 bits per heavy atom. The van der Waals surface area contributed by atoms with Crippen LogP contribution in [0.1, 0.15) is 31.9 Å². The van der Waals surface area contributed by atoms with Gasteiger partial charge in [0.2, 0.25) is 11.8 Å². The summed E-state index contributed by atoms with van der Waals surface area (Å²) in [5.74, 6) is 1.61. The molecule has 0 bridgehead atoms. The Bertz CT molecular complexity index is 352. The largest absolute Gasteiger partial charge is 0.481 e. The molecule has 0 aliphatic rings. The van der Waals surface area contributed by atoms with E-state index in [0.717, 1.165) is 31.5 Å². The van der Waals surface area contributed by atoms with Crippen LogP contribution in [-0.4, -0.2) is 35.3 Å². The SMILES string of the molecule is CCCC(CCO)CNc1nc(C)cc(OC)n1. The van der Waals surface area contributed by atoms with Gasteiger partial charge in [-0.25, -0.2) is 4.98 Å². The van der Waals surface area contributed by atoms with Crippen LogP contribution in [0.2, 0.25) is 0 Å². The first kappa shape index (κ1) is 14.7. The highest BCUT2D eigenvalue weighted by molar-refractivity contribution is 5.30. The Morgan fingerprint density at radius 2 is 2.17 bits per heavy atom. The van der Waals surface area contributed by atoms with E-state index in [0.29, 0.717) is 17.7 Å². The number of rotatable bonds is 8. The van der Waals surface area contributed by atoms with Gasteiger partial charge >= 0.3 is 0 Å². The van der Waals surface area contributed by atoms with Gasteiger partial charge in [-0.15, -0.1) is 0 Å². The number of hydrogen-bond acceptors (Lipinski definition) is 5. The van der Waals surface area contributed by atoms with Crippen LogP contribution in [0.5, 0.6) is 5.88 Å². The van der Waals surface area contributed by atoms with Crippen molar-refractivity contribution in [2.75, 3.05) is 25.6 Å². The molecule has 2 N–H and O–H groups in total. The molecular weight excluding hydrogens is 230 g/mol. The summed E-state index contributed by atoms with van der Waals surface area (Å²) in [5.41, 5.74) is 0.874. The van der Waals surface area contributed by atoms with Crippen molar-refractivity contribution in [3.8, 4) is 5.88 Å². The molecule has 1 aromatic heterocycles. The van der Waals surface area contributed by atoms with E-state index in [-0.39, 0.29) is 6.61 Å². The zero-order chi connectivity index (χ0) is 13.4. The molecule has 0 aliphatic carbocycles. The van der Waals surface area contributed by atoms with Crippen molar-refractivity contribution in [1.29, 1.82) is 0 Å². The van der Waals surface area contributed by atoms with Crippen LogP contribution < -0.4 is 10.1 Å². The Hall–Kier alpha value is -1.36. The van der Waals surface area contributed by atoms with Crippen molar-refractivity contribution in [2.45, 2.75) is 33.1 Å². The summed E-state index contributed by atoms with van der Waals surface area (Å²) in [6.07, 6.45) is 3.02. The fourth-order valence-electron chi connectivity index (χ4n) is 1.90. The predicted octanol–water partition coefficient (Wildman–Crippen LogP) is 2.00. The van der Waals surface area contributed by atoms with Gasteiger partial charge in [0.25, 0.3) is 0 Å². The Morgan fingerprint density at radius 3 is 2.78 bits per heavy atom. The lowest BCUT2D eigenvalue weighted by Crippen LogP contribution is -2.17. The average molecular weight is 253 g/mol. The number of hydrogen-bond donors (Lipinski definition) is 2. The Kier molecular flexibility index (Phi) is 6.43. The summed E-state index contributed by atoms with van der Waals surface area (Å²) in [4.78, 5) is 8.55. The van der Waals surface area contributed by atoms with Gasteiger partial charge in [-0.1, -0.05) is 13.3 Å². The number of aliphatic hydroxyl groups is 1. The van der Waals surface area contributed by atoms with Crippen LogP contribution in [0, 0.1) is 12.8 Å². The fourth-order valence-corrected chi connectivity index (χ4v) is 1.90. The first-order valence-electron chi connectivity index (χ1n) is 6.44. The number of aliphatic hydroxyl groups excluding tert-OH is 1. The first-order valence-corrected chi connectivity index (χ1v) is 6.44. The molecule has 1 atom stereocenters. The van der Waals surface area contributed by atoms with Gasteiger partial charge in [0.15, 0.2) is 0 Å². The number of aryl methyl sites for hydroxylation is 1. The second-order valence-corrected chi connectivity index (χ2v) is 4.42. The molecule has 5 heteroatoms. The van der Waals surface area contributed by atoms with Gasteiger partial charge in [-0.05, 0) is 25.7 Å². The number of nitrogens with zero attached hydrogens (tertiary/aromatic N) is 2. The van der Waals surface area contributed by atoms with Gasteiger partial charge in [0, 0.05) is 24.9 Å². The number of nitrogens with one attached hydrogen (secondary N) is 1. The molecule has 0 amide bonds. The highest BCUT2D eigenvalue weighted by atomic mass is 16.5. The third-order valence-corrected chi connectivity index (χ3v) is 2.82. The van der Waals surface area contributed by atoms with Crippen molar-refractivity contribution in [1.82, 2.24) is 9.97 Å². The first-order chi connectivity index (χ1) is 8.69. The third kappa shape index (κ3) is 4.87. The lowest BCUT2D eigenvalue weighted by molar-refractivity contribution is 0.255. The van der Waals surface area contributed by atoms with E-state index in [1.807, 2.05) is 6.92 Å². The molecule has 5 nitrogen and oxygen atoms in total. The molecule has 0 saturated carbocycles. The number of aromatic nitrogens is 2. The van der Waals surface area contributed by atoms with Crippen LogP contribution in [0.3, 0.4) is 0 Å². The van der Waals surface area contributed by atoms with Crippen molar-refractivity contribution < 1.29 is 9.84 Å². The molecule has 1 heterocycles. The maximum atomic E-state index is 9.01. The molecule has 1 unspecified atom stereocenters. The van der Waals surface area contributed by atoms with E-state index < -0.39 is 0 Å². The van der Waals surface area contributed by atoms with E-state index in [1.54, 1.807) is 13.2 Å². The molecular formula is C13H23N3O2. The fraction of sp³-hybridized carbons (Fsp3) is 0.692. The monoisotopic (exact) mass is 253 g/mol. The normalized spacial score (nSPS) is 12.2. The molecule has 0 radical (unpaired) electrons. The van der Waals surface area contributed by atoms with Gasteiger partial charge in [0.05, 0.1) is 7.11 Å². The molecule has 0 fully saturated rings. The van der Waals surface area contributed by atoms with Crippen molar-refractivity contribution in [3.05, 3.63) is 11.8 Å². The number of ether oxygens (including phenoxy) is 1. The molecule has 1 rings (SSSR count). The molecule has 0 saturated heterocycles. The minimum absolute atomic E-state index is 0.227. The summed E-state index contributed by atoms with van der Waals surface area (Å²) in [7, 11) is 1.59. The number of methoxy groups -OCH3 is 1. The van der Waals surface area contributed by atoms with E-state index in [1.165, 1.54) is 0 Å². The molecule has 0 aromatic carbocycles. The van der Waals surface area contributed by atoms with E-state index in [9.17, 15) is 0 Å². The highest BCUT2D eigenvalue weighted by Crippen LogP contribution is 2.14. The van der Waals surface area contributed by atoms with Gasteiger partial charge < -0.3 is 15.2 Å². The maximum Gasteiger partial charge on any atom is 0.226 e. The van der Waals surface area contributed by atoms with Crippen molar-refractivity contribution >= 4 is 5.95 Å². The highest BCUT2D eigenvalue weighted by Gasteiger charge is 2.08. The smallest absolute Gasteiger partial charge is 0.226 e. The maximum absolute atomic E-state index is 9.01. The summed E-state index contributed by atoms with van der Waals surface area (Å²) in [5, 5.41) is 12.2. The molecule has 0 aliphatic heterocycles. The third-order valence-electron chi connectivity index (χ3n) is 2.82. The summed E-state index contributed by atoms with van der Waals surface area (Å²) in [6, 6.07) is 1.79. The topological polar surface area (TPSA) is 67.3 Å². The number of anilines is 1. The summed E-state index contributed by atoms with van der Waals surface area (Å²) < 4.78 is 5.11. The Labute approximate surface area is 109 Å². The molecule has 18 heavy (non-hydrogen) atoms. The van der Waals surface area contributed by atoms with E-state index in [2.05, 4.69) is 22.2 Å². The zero-order valence-corrected chi connectivity index (χ0v) is 11.4. The molecule has 1 aromatic rings.